The van der Waals surface area contributed by atoms with Crippen molar-refractivity contribution in [3.8, 4) is 5.69 Å². The highest BCUT2D eigenvalue weighted by molar-refractivity contribution is 9.10. The Morgan fingerprint density at radius 1 is 1.41 bits per heavy atom. The zero-order chi connectivity index (χ0) is 12.4. The molecule has 0 atom stereocenters. The van der Waals surface area contributed by atoms with Crippen LogP contribution in [0.4, 0.5) is 0 Å². The van der Waals surface area contributed by atoms with Gasteiger partial charge in [-0.2, -0.15) is 5.10 Å². The van der Waals surface area contributed by atoms with E-state index in [2.05, 4.69) is 26.3 Å². The van der Waals surface area contributed by atoms with E-state index in [0.29, 0.717) is 10.7 Å². The molecule has 0 aliphatic rings. The molecule has 1 heterocycles. The van der Waals surface area contributed by atoms with E-state index in [-0.39, 0.29) is 5.91 Å². The molecule has 0 spiro atoms. The maximum absolute atomic E-state index is 11.5. The van der Waals surface area contributed by atoms with Gasteiger partial charge in [-0.05, 0) is 24.3 Å². The Balaban J connectivity index is 2.44. The maximum atomic E-state index is 11.5. The van der Waals surface area contributed by atoms with Crippen molar-refractivity contribution in [1.82, 2.24) is 15.1 Å². The lowest BCUT2D eigenvalue weighted by Gasteiger charge is -2.03. The van der Waals surface area contributed by atoms with E-state index in [0.717, 1.165) is 10.2 Å². The molecular weight excluding hydrogens is 305 g/mol. The predicted octanol–water partition coefficient (Wildman–Crippen LogP) is 2.65. The lowest BCUT2D eigenvalue weighted by molar-refractivity contribution is 0.0963. The van der Waals surface area contributed by atoms with Crippen molar-refractivity contribution in [3.05, 3.63) is 45.7 Å². The first-order valence-corrected chi connectivity index (χ1v) is 6.02. The van der Waals surface area contributed by atoms with Gasteiger partial charge in [0.15, 0.2) is 0 Å². The van der Waals surface area contributed by atoms with Crippen LogP contribution >= 0.6 is 27.5 Å². The first-order chi connectivity index (χ1) is 8.13. The molecular formula is C11H9BrClN3O. The van der Waals surface area contributed by atoms with Crippen molar-refractivity contribution in [1.29, 1.82) is 0 Å². The molecule has 17 heavy (non-hydrogen) atoms. The van der Waals surface area contributed by atoms with Gasteiger partial charge in [0.25, 0.3) is 5.91 Å². The van der Waals surface area contributed by atoms with Gasteiger partial charge in [-0.25, -0.2) is 4.68 Å². The molecule has 0 unspecified atom stereocenters. The van der Waals surface area contributed by atoms with Crippen LogP contribution in [0.5, 0.6) is 0 Å². The number of hydrogen-bond donors (Lipinski definition) is 1. The summed E-state index contributed by atoms with van der Waals surface area (Å²) in [5.41, 5.74) is 1.16. The van der Waals surface area contributed by atoms with E-state index in [1.165, 1.54) is 10.9 Å². The van der Waals surface area contributed by atoms with Crippen molar-refractivity contribution in [2.24, 2.45) is 0 Å². The van der Waals surface area contributed by atoms with Crippen LogP contribution in [0, 0.1) is 0 Å². The second kappa shape index (κ2) is 4.89. The Labute approximate surface area is 112 Å². The number of amides is 1. The molecule has 2 aromatic rings. The van der Waals surface area contributed by atoms with Crippen LogP contribution in [0.2, 0.25) is 5.15 Å². The Kier molecular flexibility index (Phi) is 3.49. The monoisotopic (exact) mass is 313 g/mol. The number of carbonyl (C=O) groups is 1. The topological polar surface area (TPSA) is 46.9 Å². The van der Waals surface area contributed by atoms with Gasteiger partial charge >= 0.3 is 0 Å². The molecule has 2 rings (SSSR count). The predicted molar refractivity (Wildman–Crippen MR) is 69.7 cm³/mol. The summed E-state index contributed by atoms with van der Waals surface area (Å²) < 4.78 is 2.48. The van der Waals surface area contributed by atoms with Crippen molar-refractivity contribution in [3.63, 3.8) is 0 Å². The first kappa shape index (κ1) is 12.1. The summed E-state index contributed by atoms with van der Waals surface area (Å²) in [5.74, 6) is -0.252. The van der Waals surface area contributed by atoms with E-state index >= 15 is 0 Å². The Hall–Kier alpha value is -1.33. The summed E-state index contributed by atoms with van der Waals surface area (Å²) >= 11 is 9.45. The molecule has 0 aliphatic carbocycles. The maximum Gasteiger partial charge on any atom is 0.255 e. The van der Waals surface area contributed by atoms with Gasteiger partial charge in [0.05, 0.1) is 17.4 Å². The van der Waals surface area contributed by atoms with E-state index in [4.69, 9.17) is 11.6 Å². The summed E-state index contributed by atoms with van der Waals surface area (Å²) in [7, 11) is 1.55. The summed E-state index contributed by atoms with van der Waals surface area (Å²) in [6, 6.07) is 7.48. The highest BCUT2D eigenvalue weighted by Crippen LogP contribution is 2.21. The molecule has 0 aliphatic heterocycles. The third-order valence-electron chi connectivity index (χ3n) is 2.25. The number of rotatable bonds is 2. The minimum atomic E-state index is -0.252. The van der Waals surface area contributed by atoms with E-state index in [1.54, 1.807) is 7.05 Å². The number of nitrogens with one attached hydrogen (secondary N) is 1. The van der Waals surface area contributed by atoms with Crippen molar-refractivity contribution >= 4 is 33.4 Å². The largest absolute Gasteiger partial charge is 0.355 e. The van der Waals surface area contributed by atoms with Crippen molar-refractivity contribution in [2.45, 2.75) is 0 Å². The highest BCUT2D eigenvalue weighted by atomic mass is 79.9. The molecule has 88 valence electrons. The third-order valence-corrected chi connectivity index (χ3v) is 3.15. The van der Waals surface area contributed by atoms with Crippen LogP contribution in [-0.2, 0) is 0 Å². The van der Waals surface area contributed by atoms with Crippen LogP contribution in [0.1, 0.15) is 10.4 Å². The zero-order valence-electron chi connectivity index (χ0n) is 8.95. The number of carbonyl (C=O) groups excluding carboxylic acids is 1. The van der Waals surface area contributed by atoms with Gasteiger partial charge in [-0.3, -0.25) is 4.79 Å². The lowest BCUT2D eigenvalue weighted by atomic mass is 10.3. The average Bonchev–Trinajstić information content (AvgIpc) is 2.71. The van der Waals surface area contributed by atoms with Crippen molar-refractivity contribution in [2.75, 3.05) is 7.05 Å². The Morgan fingerprint density at radius 3 is 2.65 bits per heavy atom. The molecule has 1 N–H and O–H groups in total. The fourth-order valence-corrected chi connectivity index (χ4v) is 1.92. The molecule has 1 aromatic carbocycles. The molecule has 1 amide bonds. The van der Waals surface area contributed by atoms with Crippen molar-refractivity contribution < 1.29 is 4.79 Å². The molecule has 0 radical (unpaired) electrons. The second-order valence-electron chi connectivity index (χ2n) is 3.32. The Morgan fingerprint density at radius 2 is 2.06 bits per heavy atom. The minimum Gasteiger partial charge on any atom is -0.355 e. The van der Waals surface area contributed by atoms with Crippen LogP contribution in [0.15, 0.2) is 34.9 Å². The zero-order valence-corrected chi connectivity index (χ0v) is 11.3. The SMILES string of the molecule is CNC(=O)c1cnn(-c2ccc(Br)cc2)c1Cl. The third kappa shape index (κ3) is 2.35. The van der Waals surface area contributed by atoms with Gasteiger partial charge in [0.2, 0.25) is 0 Å². The minimum absolute atomic E-state index is 0.252. The standard InChI is InChI=1S/C11H9BrClN3O/c1-14-11(17)9-6-15-16(10(9)13)8-4-2-7(12)3-5-8/h2-6H,1H3,(H,14,17). The van der Waals surface area contributed by atoms with Gasteiger partial charge in [-0.1, -0.05) is 27.5 Å². The fourth-order valence-electron chi connectivity index (χ4n) is 1.38. The molecule has 1 aromatic heterocycles. The summed E-state index contributed by atoms with van der Waals surface area (Å²) in [4.78, 5) is 11.5. The number of hydrogen-bond acceptors (Lipinski definition) is 2. The summed E-state index contributed by atoms with van der Waals surface area (Å²) in [5, 5.41) is 6.90. The van der Waals surface area contributed by atoms with Gasteiger partial charge < -0.3 is 5.32 Å². The highest BCUT2D eigenvalue weighted by Gasteiger charge is 2.15. The van der Waals surface area contributed by atoms with Gasteiger partial charge in [0, 0.05) is 11.5 Å². The number of halogens is 2. The smallest absolute Gasteiger partial charge is 0.255 e. The Bertz CT molecular complexity index is 550. The van der Waals surface area contributed by atoms with Crippen LogP contribution in [-0.4, -0.2) is 22.7 Å². The average molecular weight is 315 g/mol. The van der Waals surface area contributed by atoms with Crippen LogP contribution in [0.25, 0.3) is 5.69 Å². The van der Waals surface area contributed by atoms with Crippen LogP contribution in [0.3, 0.4) is 0 Å². The molecule has 0 saturated heterocycles. The lowest BCUT2D eigenvalue weighted by Crippen LogP contribution is -2.17. The molecule has 0 bridgehead atoms. The fraction of sp³-hybridized carbons (Fsp3) is 0.0909. The van der Waals surface area contributed by atoms with E-state index in [1.807, 2.05) is 24.3 Å². The molecule has 0 fully saturated rings. The number of benzene rings is 1. The second-order valence-corrected chi connectivity index (χ2v) is 4.59. The van der Waals surface area contributed by atoms with Crippen LogP contribution < -0.4 is 5.32 Å². The number of nitrogens with zero attached hydrogens (tertiary/aromatic N) is 2. The van der Waals surface area contributed by atoms with E-state index in [9.17, 15) is 4.79 Å². The van der Waals surface area contributed by atoms with Gasteiger partial charge in [-0.15, -0.1) is 0 Å². The molecule has 6 heteroatoms. The van der Waals surface area contributed by atoms with E-state index < -0.39 is 0 Å². The summed E-state index contributed by atoms with van der Waals surface area (Å²) in [6.45, 7) is 0. The summed E-state index contributed by atoms with van der Waals surface area (Å²) in [6.07, 6.45) is 1.45. The number of aromatic nitrogens is 2. The quantitative estimate of drug-likeness (QED) is 0.926. The molecule has 4 nitrogen and oxygen atoms in total. The van der Waals surface area contributed by atoms with Gasteiger partial charge in [0.1, 0.15) is 5.15 Å². The normalized spacial score (nSPS) is 10.3. The first-order valence-electron chi connectivity index (χ1n) is 4.85. The molecule has 0 saturated carbocycles.